The summed E-state index contributed by atoms with van der Waals surface area (Å²) in [5, 5.41) is 9.11. The fraction of sp³-hybridized carbons (Fsp3) is 0.522. The molecule has 0 spiro atoms. The molecule has 5 rings (SSSR count). The Morgan fingerprint density at radius 1 is 1.26 bits per heavy atom. The zero-order chi connectivity index (χ0) is 21.4. The van der Waals surface area contributed by atoms with Crippen LogP contribution in [0.2, 0.25) is 0 Å². The number of ether oxygens (including phenoxy) is 1. The number of Topliss-reactive ketones (excluding diaryl/α,β-unsaturated/α-hetero) is 1. The Morgan fingerprint density at radius 3 is 2.74 bits per heavy atom. The Balaban J connectivity index is 1.23. The van der Waals surface area contributed by atoms with E-state index in [0.717, 1.165) is 67.8 Å². The van der Waals surface area contributed by atoms with Crippen LogP contribution in [-0.4, -0.2) is 68.5 Å². The van der Waals surface area contributed by atoms with Crippen molar-refractivity contribution in [3.63, 3.8) is 0 Å². The first-order valence-electron chi connectivity index (χ1n) is 10.9. The fourth-order valence-electron chi connectivity index (χ4n) is 4.58. The van der Waals surface area contributed by atoms with E-state index in [9.17, 15) is 4.79 Å². The van der Waals surface area contributed by atoms with Crippen LogP contribution in [0.1, 0.15) is 25.6 Å². The summed E-state index contributed by atoms with van der Waals surface area (Å²) < 4.78 is 7.04. The number of rotatable bonds is 6. The van der Waals surface area contributed by atoms with Gasteiger partial charge in [-0.2, -0.15) is 0 Å². The van der Waals surface area contributed by atoms with Crippen molar-refractivity contribution in [3.8, 4) is 11.3 Å². The third kappa shape index (κ3) is 4.36. The summed E-state index contributed by atoms with van der Waals surface area (Å²) in [6.07, 6.45) is 5.80. The first kappa shape index (κ1) is 20.2. The molecule has 0 radical (unpaired) electrons. The highest BCUT2D eigenvalue weighted by Crippen LogP contribution is 2.30. The SMILES string of the molecule is Cn1cc(-c2ccc3cnc(CC(=O)C4CCN(CC5(C)COC5)CC4)nc3c2)nn1. The van der Waals surface area contributed by atoms with E-state index in [2.05, 4.69) is 32.1 Å². The Hall–Kier alpha value is -2.71. The highest BCUT2D eigenvalue weighted by atomic mass is 16.5. The van der Waals surface area contributed by atoms with Gasteiger partial charge in [-0.1, -0.05) is 24.3 Å². The molecule has 2 saturated heterocycles. The predicted molar refractivity (Wildman–Crippen MR) is 116 cm³/mol. The molecular formula is C23H28N6O2. The molecular weight excluding hydrogens is 392 g/mol. The van der Waals surface area contributed by atoms with Gasteiger partial charge in [-0.15, -0.1) is 5.10 Å². The minimum Gasteiger partial charge on any atom is -0.380 e. The summed E-state index contributed by atoms with van der Waals surface area (Å²) in [5.41, 5.74) is 2.87. The van der Waals surface area contributed by atoms with Gasteiger partial charge in [0.05, 0.1) is 31.3 Å². The fourth-order valence-corrected chi connectivity index (χ4v) is 4.58. The van der Waals surface area contributed by atoms with Crippen molar-refractivity contribution >= 4 is 16.7 Å². The number of ketones is 1. The van der Waals surface area contributed by atoms with E-state index in [-0.39, 0.29) is 11.7 Å². The number of hydrogen-bond acceptors (Lipinski definition) is 7. The predicted octanol–water partition coefficient (Wildman–Crippen LogP) is 2.29. The van der Waals surface area contributed by atoms with Crippen LogP contribution < -0.4 is 0 Å². The number of aromatic nitrogens is 5. The molecule has 4 heterocycles. The maximum absolute atomic E-state index is 12.9. The second-order valence-electron chi connectivity index (χ2n) is 9.33. The Kier molecular flexibility index (Phi) is 5.27. The summed E-state index contributed by atoms with van der Waals surface area (Å²) in [7, 11) is 1.84. The number of fused-ring (bicyclic) bond motifs is 1. The molecule has 0 saturated carbocycles. The van der Waals surface area contributed by atoms with Crippen LogP contribution in [0.5, 0.6) is 0 Å². The van der Waals surface area contributed by atoms with Gasteiger partial charge in [0.1, 0.15) is 17.3 Å². The molecule has 0 amide bonds. The zero-order valence-corrected chi connectivity index (χ0v) is 18.1. The smallest absolute Gasteiger partial charge is 0.143 e. The van der Waals surface area contributed by atoms with Gasteiger partial charge in [0.15, 0.2) is 0 Å². The van der Waals surface area contributed by atoms with Crippen LogP contribution in [0, 0.1) is 11.3 Å². The van der Waals surface area contributed by atoms with E-state index in [1.54, 1.807) is 10.9 Å². The van der Waals surface area contributed by atoms with Crippen molar-refractivity contribution in [1.29, 1.82) is 0 Å². The summed E-state index contributed by atoms with van der Waals surface area (Å²) >= 11 is 0. The number of hydrogen-bond donors (Lipinski definition) is 0. The third-order valence-corrected chi connectivity index (χ3v) is 6.41. The molecule has 0 aliphatic carbocycles. The summed E-state index contributed by atoms with van der Waals surface area (Å²) in [4.78, 5) is 24.5. The topological polar surface area (TPSA) is 86.0 Å². The largest absolute Gasteiger partial charge is 0.380 e. The Morgan fingerprint density at radius 2 is 2.06 bits per heavy atom. The van der Waals surface area contributed by atoms with Gasteiger partial charge in [-0.3, -0.25) is 9.48 Å². The van der Waals surface area contributed by atoms with E-state index in [1.165, 1.54) is 0 Å². The quantitative estimate of drug-likeness (QED) is 0.605. The lowest BCUT2D eigenvalue weighted by atomic mass is 9.85. The maximum Gasteiger partial charge on any atom is 0.143 e. The number of benzene rings is 1. The van der Waals surface area contributed by atoms with E-state index in [4.69, 9.17) is 4.74 Å². The molecule has 162 valence electrons. The average molecular weight is 421 g/mol. The summed E-state index contributed by atoms with van der Waals surface area (Å²) in [5.74, 6) is 0.949. The lowest BCUT2D eigenvalue weighted by Crippen LogP contribution is -2.50. The molecule has 8 nitrogen and oxygen atoms in total. The van der Waals surface area contributed by atoms with E-state index in [0.29, 0.717) is 17.7 Å². The summed E-state index contributed by atoms with van der Waals surface area (Å²) in [6, 6.07) is 5.96. The number of carbonyl (C=O) groups is 1. The van der Waals surface area contributed by atoms with Crippen LogP contribution in [0.4, 0.5) is 0 Å². The number of carbonyl (C=O) groups excluding carboxylic acids is 1. The molecule has 31 heavy (non-hydrogen) atoms. The van der Waals surface area contributed by atoms with Gasteiger partial charge in [0.2, 0.25) is 0 Å². The molecule has 1 aromatic carbocycles. The standard InChI is InChI=1S/C23H28N6O2/c1-23(14-31-15-23)13-29-7-5-16(6-8-29)21(30)10-22-24-11-18-4-3-17(9-19(18)25-22)20-12-28(2)27-26-20/h3-4,9,11-12,16H,5-8,10,13-15H2,1-2H3. The minimum atomic E-state index is 0.104. The highest BCUT2D eigenvalue weighted by molar-refractivity contribution is 5.85. The van der Waals surface area contributed by atoms with E-state index in [1.807, 2.05) is 31.4 Å². The molecule has 8 heteroatoms. The van der Waals surface area contributed by atoms with Crippen LogP contribution in [0.25, 0.3) is 22.2 Å². The molecule has 2 aliphatic rings. The lowest BCUT2D eigenvalue weighted by molar-refractivity contribution is -0.127. The molecule has 0 bridgehead atoms. The molecule has 0 atom stereocenters. The number of aryl methyl sites for hydroxylation is 1. The maximum atomic E-state index is 12.9. The van der Waals surface area contributed by atoms with Gasteiger partial charge in [-0.05, 0) is 32.0 Å². The van der Waals surface area contributed by atoms with Crippen molar-refractivity contribution in [2.75, 3.05) is 32.8 Å². The zero-order valence-electron chi connectivity index (χ0n) is 18.1. The molecule has 0 N–H and O–H groups in total. The Bertz CT molecular complexity index is 1100. The number of piperidine rings is 1. The molecule has 2 aliphatic heterocycles. The van der Waals surface area contributed by atoms with Crippen molar-refractivity contribution in [1.82, 2.24) is 29.9 Å². The Labute approximate surface area is 181 Å². The van der Waals surface area contributed by atoms with E-state index >= 15 is 0 Å². The van der Waals surface area contributed by atoms with Crippen LogP contribution >= 0.6 is 0 Å². The van der Waals surface area contributed by atoms with Gasteiger partial charge in [0, 0.05) is 42.1 Å². The van der Waals surface area contributed by atoms with Crippen molar-refractivity contribution < 1.29 is 9.53 Å². The highest BCUT2D eigenvalue weighted by Gasteiger charge is 2.36. The van der Waals surface area contributed by atoms with Gasteiger partial charge < -0.3 is 9.64 Å². The first-order chi connectivity index (χ1) is 15.0. The van der Waals surface area contributed by atoms with Gasteiger partial charge in [0.25, 0.3) is 0 Å². The molecule has 3 aromatic rings. The van der Waals surface area contributed by atoms with Crippen LogP contribution in [0.3, 0.4) is 0 Å². The second-order valence-corrected chi connectivity index (χ2v) is 9.33. The second kappa shape index (κ2) is 8.09. The van der Waals surface area contributed by atoms with Crippen molar-refractivity contribution in [3.05, 3.63) is 36.4 Å². The van der Waals surface area contributed by atoms with Crippen molar-refractivity contribution in [2.45, 2.75) is 26.2 Å². The monoisotopic (exact) mass is 420 g/mol. The third-order valence-electron chi connectivity index (χ3n) is 6.41. The van der Waals surface area contributed by atoms with Crippen LogP contribution in [-0.2, 0) is 23.0 Å². The van der Waals surface area contributed by atoms with Crippen molar-refractivity contribution in [2.24, 2.45) is 18.4 Å². The molecule has 0 unspecified atom stereocenters. The number of likely N-dealkylation sites (tertiary alicyclic amines) is 1. The lowest BCUT2D eigenvalue weighted by Gasteiger charge is -2.43. The van der Waals surface area contributed by atoms with Crippen LogP contribution in [0.15, 0.2) is 30.6 Å². The van der Waals surface area contributed by atoms with Gasteiger partial charge >= 0.3 is 0 Å². The molecule has 2 fully saturated rings. The first-order valence-corrected chi connectivity index (χ1v) is 10.9. The van der Waals surface area contributed by atoms with E-state index < -0.39 is 0 Å². The van der Waals surface area contributed by atoms with Gasteiger partial charge in [-0.25, -0.2) is 9.97 Å². The normalized spacial score (nSPS) is 19.4. The number of nitrogens with zero attached hydrogens (tertiary/aromatic N) is 6. The summed E-state index contributed by atoms with van der Waals surface area (Å²) in [6.45, 7) is 7.00. The minimum absolute atomic E-state index is 0.104. The average Bonchev–Trinajstić information content (AvgIpc) is 3.19. The molecule has 2 aromatic heterocycles.